The number of hydrogen-bond acceptors (Lipinski definition) is 1. The predicted molar refractivity (Wildman–Crippen MR) is 53.7 cm³/mol. The zero-order valence-corrected chi connectivity index (χ0v) is 8.03. The van der Waals surface area contributed by atoms with E-state index in [-0.39, 0.29) is 0 Å². The van der Waals surface area contributed by atoms with Crippen molar-refractivity contribution < 1.29 is 0 Å². The molecule has 68 valence electrons. The molecule has 2 aliphatic rings. The van der Waals surface area contributed by atoms with Gasteiger partial charge in [-0.05, 0) is 37.4 Å². The van der Waals surface area contributed by atoms with Crippen molar-refractivity contribution in [1.29, 1.82) is 0 Å². The standard InChI is InChI=1S/C12H15N/c1-13-10-6-7-12(13)11-5-3-2-4-9(11)8-10/h2-5,10,12H,6-8H2,1H3. The van der Waals surface area contributed by atoms with Gasteiger partial charge in [-0.25, -0.2) is 0 Å². The van der Waals surface area contributed by atoms with E-state index in [9.17, 15) is 0 Å². The minimum absolute atomic E-state index is 0.718. The van der Waals surface area contributed by atoms with Crippen LogP contribution in [-0.4, -0.2) is 18.0 Å². The van der Waals surface area contributed by atoms with Crippen LogP contribution in [0.2, 0.25) is 0 Å². The summed E-state index contributed by atoms with van der Waals surface area (Å²) in [5.41, 5.74) is 3.17. The molecule has 2 aliphatic heterocycles. The Morgan fingerprint density at radius 3 is 3.00 bits per heavy atom. The molecule has 1 fully saturated rings. The van der Waals surface area contributed by atoms with E-state index in [2.05, 4.69) is 36.2 Å². The Morgan fingerprint density at radius 2 is 2.08 bits per heavy atom. The summed E-state index contributed by atoms with van der Waals surface area (Å²) >= 11 is 0. The molecule has 2 heterocycles. The lowest BCUT2D eigenvalue weighted by Crippen LogP contribution is -2.33. The number of fused-ring (bicyclic) bond motifs is 4. The molecule has 3 rings (SSSR count). The van der Waals surface area contributed by atoms with Crippen LogP contribution in [0.1, 0.15) is 30.0 Å². The lowest BCUT2D eigenvalue weighted by atomic mass is 9.94. The van der Waals surface area contributed by atoms with Gasteiger partial charge in [0.05, 0.1) is 0 Å². The summed E-state index contributed by atoms with van der Waals surface area (Å²) in [5, 5.41) is 0. The normalized spacial score (nSPS) is 31.8. The molecule has 1 heteroatoms. The van der Waals surface area contributed by atoms with Crippen LogP contribution in [0.3, 0.4) is 0 Å². The Bertz CT molecular complexity index is 332. The van der Waals surface area contributed by atoms with E-state index in [1.807, 2.05) is 0 Å². The average Bonchev–Trinajstić information content (AvgIpc) is 2.43. The Hall–Kier alpha value is -0.820. The summed E-state index contributed by atoms with van der Waals surface area (Å²) in [6, 6.07) is 10.5. The topological polar surface area (TPSA) is 3.24 Å². The summed E-state index contributed by atoms with van der Waals surface area (Å²) in [5.74, 6) is 0. The summed E-state index contributed by atoms with van der Waals surface area (Å²) in [4.78, 5) is 2.56. The van der Waals surface area contributed by atoms with Crippen LogP contribution in [0.4, 0.5) is 0 Å². The zero-order chi connectivity index (χ0) is 8.84. The number of likely N-dealkylation sites (N-methyl/N-ethyl adjacent to an activating group) is 1. The van der Waals surface area contributed by atoms with Crippen molar-refractivity contribution in [3.05, 3.63) is 35.4 Å². The highest BCUT2D eigenvalue weighted by molar-refractivity contribution is 5.34. The van der Waals surface area contributed by atoms with Gasteiger partial charge in [0.15, 0.2) is 0 Å². The van der Waals surface area contributed by atoms with Gasteiger partial charge in [0.25, 0.3) is 0 Å². The summed E-state index contributed by atoms with van der Waals surface area (Å²) < 4.78 is 0. The minimum atomic E-state index is 0.718. The lowest BCUT2D eigenvalue weighted by Gasteiger charge is -2.33. The molecule has 1 aromatic rings. The van der Waals surface area contributed by atoms with E-state index in [1.54, 1.807) is 11.1 Å². The molecule has 0 N–H and O–H groups in total. The van der Waals surface area contributed by atoms with Gasteiger partial charge < -0.3 is 0 Å². The minimum Gasteiger partial charge on any atom is -0.296 e. The van der Waals surface area contributed by atoms with E-state index >= 15 is 0 Å². The maximum Gasteiger partial charge on any atom is 0.0351 e. The van der Waals surface area contributed by atoms with Crippen LogP contribution in [0, 0.1) is 0 Å². The van der Waals surface area contributed by atoms with Crippen LogP contribution in [0.15, 0.2) is 24.3 Å². The second-order valence-corrected chi connectivity index (χ2v) is 4.32. The summed E-state index contributed by atoms with van der Waals surface area (Å²) in [6.07, 6.45) is 4.01. The molecule has 2 unspecified atom stereocenters. The molecule has 0 spiro atoms. The third-order valence-corrected chi connectivity index (χ3v) is 3.71. The van der Waals surface area contributed by atoms with Gasteiger partial charge in [-0.2, -0.15) is 0 Å². The van der Waals surface area contributed by atoms with Gasteiger partial charge in [0.1, 0.15) is 0 Å². The quantitative estimate of drug-likeness (QED) is 0.582. The molecule has 0 aliphatic carbocycles. The maximum atomic E-state index is 2.56. The lowest BCUT2D eigenvalue weighted by molar-refractivity contribution is 0.224. The molecule has 2 bridgehead atoms. The Labute approximate surface area is 79.4 Å². The van der Waals surface area contributed by atoms with E-state index in [1.165, 1.54) is 19.3 Å². The molecule has 0 saturated carbocycles. The first-order valence-corrected chi connectivity index (χ1v) is 5.16. The van der Waals surface area contributed by atoms with Gasteiger partial charge in [0.2, 0.25) is 0 Å². The molecule has 1 aromatic carbocycles. The van der Waals surface area contributed by atoms with Crippen LogP contribution < -0.4 is 0 Å². The second-order valence-electron chi connectivity index (χ2n) is 4.32. The molecular formula is C12H15N. The van der Waals surface area contributed by atoms with E-state index in [4.69, 9.17) is 0 Å². The van der Waals surface area contributed by atoms with Crippen LogP contribution in [-0.2, 0) is 6.42 Å². The van der Waals surface area contributed by atoms with Crippen molar-refractivity contribution in [2.24, 2.45) is 0 Å². The fourth-order valence-corrected chi connectivity index (χ4v) is 2.93. The van der Waals surface area contributed by atoms with Gasteiger partial charge in [-0.1, -0.05) is 24.3 Å². The Kier molecular flexibility index (Phi) is 1.50. The first kappa shape index (κ1) is 7.57. The van der Waals surface area contributed by atoms with Crippen molar-refractivity contribution in [3.63, 3.8) is 0 Å². The molecule has 0 amide bonds. The number of nitrogens with zero attached hydrogens (tertiary/aromatic N) is 1. The second kappa shape index (κ2) is 2.58. The fraction of sp³-hybridized carbons (Fsp3) is 0.500. The van der Waals surface area contributed by atoms with Gasteiger partial charge in [0, 0.05) is 12.1 Å². The summed E-state index contributed by atoms with van der Waals surface area (Å²) in [6.45, 7) is 0. The van der Waals surface area contributed by atoms with Crippen molar-refractivity contribution >= 4 is 0 Å². The van der Waals surface area contributed by atoms with Crippen LogP contribution >= 0.6 is 0 Å². The maximum absolute atomic E-state index is 2.56. The molecule has 1 nitrogen and oxygen atoms in total. The van der Waals surface area contributed by atoms with Gasteiger partial charge >= 0.3 is 0 Å². The van der Waals surface area contributed by atoms with Crippen molar-refractivity contribution in [1.82, 2.24) is 4.90 Å². The Morgan fingerprint density at radius 1 is 1.23 bits per heavy atom. The molecule has 1 saturated heterocycles. The van der Waals surface area contributed by atoms with Crippen molar-refractivity contribution in [3.8, 4) is 0 Å². The van der Waals surface area contributed by atoms with E-state index < -0.39 is 0 Å². The van der Waals surface area contributed by atoms with Gasteiger partial charge in [-0.3, -0.25) is 4.90 Å². The highest BCUT2D eigenvalue weighted by atomic mass is 15.2. The molecule has 13 heavy (non-hydrogen) atoms. The first-order valence-electron chi connectivity index (χ1n) is 5.16. The van der Waals surface area contributed by atoms with Crippen LogP contribution in [0.25, 0.3) is 0 Å². The molecule has 0 radical (unpaired) electrons. The number of hydrogen-bond donors (Lipinski definition) is 0. The smallest absolute Gasteiger partial charge is 0.0351 e. The van der Waals surface area contributed by atoms with Crippen LogP contribution in [0.5, 0.6) is 0 Å². The third-order valence-electron chi connectivity index (χ3n) is 3.71. The molecular weight excluding hydrogens is 158 g/mol. The zero-order valence-electron chi connectivity index (χ0n) is 8.03. The predicted octanol–water partition coefficient (Wildman–Crippen LogP) is 2.38. The van der Waals surface area contributed by atoms with Gasteiger partial charge in [-0.15, -0.1) is 0 Å². The fourth-order valence-electron chi connectivity index (χ4n) is 2.93. The highest BCUT2D eigenvalue weighted by Gasteiger charge is 2.36. The van der Waals surface area contributed by atoms with Crippen molar-refractivity contribution in [2.75, 3.05) is 7.05 Å². The summed E-state index contributed by atoms with van der Waals surface area (Å²) in [7, 11) is 2.28. The third kappa shape index (κ3) is 0.969. The monoisotopic (exact) mass is 173 g/mol. The van der Waals surface area contributed by atoms with E-state index in [0.29, 0.717) is 0 Å². The van der Waals surface area contributed by atoms with E-state index in [0.717, 1.165) is 12.1 Å². The largest absolute Gasteiger partial charge is 0.296 e. The Balaban J connectivity index is 2.12. The molecule has 2 atom stereocenters. The highest BCUT2D eigenvalue weighted by Crippen LogP contribution is 2.41. The SMILES string of the molecule is CN1C2CCC1c1ccccc1C2. The first-order chi connectivity index (χ1) is 6.36. The number of rotatable bonds is 0. The van der Waals surface area contributed by atoms with Crippen molar-refractivity contribution in [2.45, 2.75) is 31.3 Å². The molecule has 0 aromatic heterocycles. The average molecular weight is 173 g/mol. The number of benzene rings is 1.